The second kappa shape index (κ2) is 7.92. The van der Waals surface area contributed by atoms with Crippen LogP contribution in [0.5, 0.6) is 5.88 Å². The van der Waals surface area contributed by atoms with Crippen molar-refractivity contribution in [2.24, 2.45) is 0 Å². The van der Waals surface area contributed by atoms with E-state index in [4.69, 9.17) is 4.74 Å². The van der Waals surface area contributed by atoms with Crippen LogP contribution in [0.15, 0.2) is 36.7 Å². The molecular formula is C18H23N5O2. The summed E-state index contributed by atoms with van der Waals surface area (Å²) in [6, 6.07) is 7.73. The Morgan fingerprint density at radius 3 is 2.72 bits per heavy atom. The second-order valence-corrected chi connectivity index (χ2v) is 6.01. The molecule has 2 aromatic heterocycles. The fraction of sp³-hybridized carbons (Fsp3) is 0.444. The number of nitrogens with zero attached hydrogens (tertiary/aromatic N) is 5. The fourth-order valence-electron chi connectivity index (χ4n) is 3.10. The molecule has 0 atom stereocenters. The number of rotatable bonds is 5. The van der Waals surface area contributed by atoms with E-state index in [0.29, 0.717) is 37.2 Å². The minimum absolute atomic E-state index is 0.0165. The van der Waals surface area contributed by atoms with Gasteiger partial charge in [0.05, 0.1) is 6.61 Å². The van der Waals surface area contributed by atoms with Gasteiger partial charge in [0.1, 0.15) is 5.56 Å². The first-order chi connectivity index (χ1) is 12.2. The number of ether oxygens (including phenoxy) is 1. The third kappa shape index (κ3) is 3.87. The molecular weight excluding hydrogens is 318 g/mol. The summed E-state index contributed by atoms with van der Waals surface area (Å²) in [6.07, 6.45) is 5.10. The number of likely N-dealkylation sites (tertiary alicyclic amines) is 1. The predicted octanol–water partition coefficient (Wildman–Crippen LogP) is 2.01. The van der Waals surface area contributed by atoms with Gasteiger partial charge in [-0.25, -0.2) is 4.98 Å². The number of hydrogen-bond donors (Lipinski definition) is 0. The van der Waals surface area contributed by atoms with Crippen molar-refractivity contribution in [3.8, 4) is 5.88 Å². The molecule has 0 N–H and O–H groups in total. The Balaban J connectivity index is 1.63. The van der Waals surface area contributed by atoms with Crippen LogP contribution in [-0.2, 0) is 0 Å². The van der Waals surface area contributed by atoms with Crippen LogP contribution in [0.3, 0.4) is 0 Å². The minimum atomic E-state index is -0.0165. The van der Waals surface area contributed by atoms with Crippen molar-refractivity contribution < 1.29 is 9.53 Å². The van der Waals surface area contributed by atoms with Crippen LogP contribution in [-0.4, -0.2) is 58.8 Å². The van der Waals surface area contributed by atoms with Crippen LogP contribution in [0.4, 0.5) is 5.82 Å². The maximum atomic E-state index is 12.8. The van der Waals surface area contributed by atoms with E-state index >= 15 is 0 Å². The quantitative estimate of drug-likeness (QED) is 0.828. The van der Waals surface area contributed by atoms with E-state index in [9.17, 15) is 4.79 Å². The van der Waals surface area contributed by atoms with Crippen molar-refractivity contribution in [2.45, 2.75) is 25.8 Å². The lowest BCUT2D eigenvalue weighted by molar-refractivity contribution is 0.0708. The molecule has 1 fully saturated rings. The van der Waals surface area contributed by atoms with Crippen LogP contribution in [0.1, 0.15) is 30.1 Å². The second-order valence-electron chi connectivity index (χ2n) is 6.01. The van der Waals surface area contributed by atoms with E-state index in [0.717, 1.165) is 18.7 Å². The topological polar surface area (TPSA) is 71.5 Å². The highest BCUT2D eigenvalue weighted by Crippen LogP contribution is 2.23. The summed E-state index contributed by atoms with van der Waals surface area (Å²) in [4.78, 5) is 21.0. The van der Waals surface area contributed by atoms with Crippen LogP contribution in [0.25, 0.3) is 0 Å². The Labute approximate surface area is 147 Å². The SMILES string of the molecule is CCOc1ncccc1C(=O)N1CCC(N(C)c2cccnn2)CC1. The number of piperidine rings is 1. The molecule has 3 rings (SSSR count). The summed E-state index contributed by atoms with van der Waals surface area (Å²) in [5.74, 6) is 1.25. The van der Waals surface area contributed by atoms with Crippen molar-refractivity contribution in [2.75, 3.05) is 31.6 Å². The Bertz CT molecular complexity index is 702. The molecule has 0 unspecified atom stereocenters. The van der Waals surface area contributed by atoms with Gasteiger partial charge in [-0.3, -0.25) is 4.79 Å². The van der Waals surface area contributed by atoms with E-state index < -0.39 is 0 Å². The number of aromatic nitrogens is 3. The lowest BCUT2D eigenvalue weighted by Crippen LogP contribution is -2.46. The summed E-state index contributed by atoms with van der Waals surface area (Å²) < 4.78 is 5.48. The minimum Gasteiger partial charge on any atom is -0.477 e. The van der Waals surface area contributed by atoms with Gasteiger partial charge in [-0.2, -0.15) is 5.10 Å². The highest BCUT2D eigenvalue weighted by molar-refractivity contribution is 5.96. The first kappa shape index (κ1) is 17.1. The average molecular weight is 341 g/mol. The van der Waals surface area contributed by atoms with E-state index in [1.165, 1.54) is 0 Å². The Morgan fingerprint density at radius 1 is 1.28 bits per heavy atom. The number of anilines is 1. The molecule has 25 heavy (non-hydrogen) atoms. The number of carbonyl (C=O) groups is 1. The number of carbonyl (C=O) groups excluding carboxylic acids is 1. The summed E-state index contributed by atoms with van der Waals surface area (Å²) in [7, 11) is 2.03. The van der Waals surface area contributed by atoms with E-state index in [1.54, 1.807) is 24.5 Å². The molecule has 3 heterocycles. The lowest BCUT2D eigenvalue weighted by Gasteiger charge is -2.37. The molecule has 2 aromatic rings. The third-order valence-corrected chi connectivity index (χ3v) is 4.50. The number of pyridine rings is 1. The van der Waals surface area contributed by atoms with E-state index in [1.807, 2.05) is 31.0 Å². The van der Waals surface area contributed by atoms with Gasteiger partial charge in [0, 0.05) is 38.6 Å². The predicted molar refractivity (Wildman–Crippen MR) is 94.8 cm³/mol. The molecule has 1 amide bonds. The maximum absolute atomic E-state index is 12.8. The molecule has 0 spiro atoms. The molecule has 7 heteroatoms. The summed E-state index contributed by atoms with van der Waals surface area (Å²) >= 11 is 0. The molecule has 0 bridgehead atoms. The van der Waals surface area contributed by atoms with Crippen molar-refractivity contribution >= 4 is 11.7 Å². The first-order valence-electron chi connectivity index (χ1n) is 8.58. The van der Waals surface area contributed by atoms with Gasteiger partial charge in [-0.1, -0.05) is 0 Å². The molecule has 1 aliphatic rings. The Kier molecular flexibility index (Phi) is 5.42. The first-order valence-corrected chi connectivity index (χ1v) is 8.58. The fourth-order valence-corrected chi connectivity index (χ4v) is 3.10. The van der Waals surface area contributed by atoms with Gasteiger partial charge < -0.3 is 14.5 Å². The third-order valence-electron chi connectivity index (χ3n) is 4.50. The van der Waals surface area contributed by atoms with Crippen molar-refractivity contribution in [1.82, 2.24) is 20.1 Å². The van der Waals surface area contributed by atoms with Crippen LogP contribution >= 0.6 is 0 Å². The van der Waals surface area contributed by atoms with Crippen LogP contribution < -0.4 is 9.64 Å². The van der Waals surface area contributed by atoms with E-state index in [2.05, 4.69) is 20.1 Å². The Hall–Kier alpha value is -2.70. The Morgan fingerprint density at radius 2 is 2.04 bits per heavy atom. The zero-order chi connectivity index (χ0) is 17.6. The molecule has 0 aromatic carbocycles. The van der Waals surface area contributed by atoms with Crippen LogP contribution in [0, 0.1) is 0 Å². The van der Waals surface area contributed by atoms with Crippen molar-refractivity contribution in [3.05, 3.63) is 42.2 Å². The smallest absolute Gasteiger partial charge is 0.259 e. The van der Waals surface area contributed by atoms with Crippen LogP contribution in [0.2, 0.25) is 0 Å². The largest absolute Gasteiger partial charge is 0.477 e. The van der Waals surface area contributed by atoms with Gasteiger partial charge >= 0.3 is 0 Å². The van der Waals surface area contributed by atoms with Gasteiger partial charge in [-0.05, 0) is 44.0 Å². The summed E-state index contributed by atoms with van der Waals surface area (Å²) in [5, 5.41) is 8.09. The van der Waals surface area contributed by atoms with Gasteiger partial charge in [-0.15, -0.1) is 5.10 Å². The van der Waals surface area contributed by atoms with Gasteiger partial charge in [0.15, 0.2) is 5.82 Å². The molecule has 1 aliphatic heterocycles. The highest BCUT2D eigenvalue weighted by Gasteiger charge is 2.28. The normalized spacial score (nSPS) is 15.0. The zero-order valence-corrected chi connectivity index (χ0v) is 14.6. The zero-order valence-electron chi connectivity index (χ0n) is 14.6. The molecule has 0 aliphatic carbocycles. The van der Waals surface area contributed by atoms with E-state index in [-0.39, 0.29) is 5.91 Å². The molecule has 0 radical (unpaired) electrons. The molecule has 132 valence electrons. The summed E-state index contributed by atoms with van der Waals surface area (Å²) in [6.45, 7) is 3.78. The monoisotopic (exact) mass is 341 g/mol. The molecule has 7 nitrogen and oxygen atoms in total. The molecule has 0 saturated carbocycles. The van der Waals surface area contributed by atoms with Crippen molar-refractivity contribution in [1.29, 1.82) is 0 Å². The number of amides is 1. The van der Waals surface area contributed by atoms with Crippen molar-refractivity contribution in [3.63, 3.8) is 0 Å². The summed E-state index contributed by atoms with van der Waals surface area (Å²) in [5.41, 5.74) is 0.532. The number of hydrogen-bond acceptors (Lipinski definition) is 6. The highest BCUT2D eigenvalue weighted by atomic mass is 16.5. The van der Waals surface area contributed by atoms with Gasteiger partial charge in [0.2, 0.25) is 5.88 Å². The standard InChI is InChI=1S/C18H23N5O2/c1-3-25-17-15(6-4-10-19-17)18(24)23-12-8-14(9-13-23)22(2)16-7-5-11-20-21-16/h4-7,10-11,14H,3,8-9,12-13H2,1-2H3. The average Bonchev–Trinajstić information content (AvgIpc) is 2.68. The lowest BCUT2D eigenvalue weighted by atomic mass is 10.0. The maximum Gasteiger partial charge on any atom is 0.259 e. The molecule has 1 saturated heterocycles. The van der Waals surface area contributed by atoms with Gasteiger partial charge in [0.25, 0.3) is 5.91 Å².